The van der Waals surface area contributed by atoms with Gasteiger partial charge in [-0.3, -0.25) is 4.79 Å². The molecule has 3 heteroatoms. The van der Waals surface area contributed by atoms with Crippen LogP contribution in [0.15, 0.2) is 36.4 Å². The third-order valence-electron chi connectivity index (χ3n) is 2.78. The molecule has 1 aromatic heterocycles. The first-order valence-electron chi connectivity index (χ1n) is 5.81. The monoisotopic (exact) mass is 241 g/mol. The number of hydrogen-bond acceptors (Lipinski definition) is 3. The Balaban J connectivity index is 2.16. The highest BCUT2D eigenvalue weighted by atomic mass is 16.5. The maximum atomic E-state index is 10.9. The Bertz CT molecular complexity index is 564. The second-order valence-corrected chi connectivity index (χ2v) is 4.17. The Hall–Kier alpha value is -2.16. The van der Waals surface area contributed by atoms with Crippen molar-refractivity contribution in [1.29, 1.82) is 0 Å². The Kier molecular flexibility index (Phi) is 3.72. The summed E-state index contributed by atoms with van der Waals surface area (Å²) < 4.78 is 5.66. The summed E-state index contributed by atoms with van der Waals surface area (Å²) in [4.78, 5) is 15.0. The first kappa shape index (κ1) is 12.3. The van der Waals surface area contributed by atoms with Gasteiger partial charge in [0, 0.05) is 5.69 Å². The maximum absolute atomic E-state index is 10.9. The van der Waals surface area contributed by atoms with E-state index in [1.54, 1.807) is 6.07 Å². The van der Waals surface area contributed by atoms with Crippen LogP contribution in [-0.4, -0.2) is 11.3 Å². The first-order chi connectivity index (χ1) is 8.70. The average molecular weight is 241 g/mol. The van der Waals surface area contributed by atoms with E-state index in [-0.39, 0.29) is 0 Å². The van der Waals surface area contributed by atoms with Crippen molar-refractivity contribution in [1.82, 2.24) is 4.98 Å². The predicted molar refractivity (Wildman–Crippen MR) is 69.9 cm³/mol. The number of nitrogens with zero attached hydrogens (tertiary/aromatic N) is 1. The second kappa shape index (κ2) is 5.45. The Morgan fingerprint density at radius 1 is 1.17 bits per heavy atom. The van der Waals surface area contributed by atoms with Crippen LogP contribution >= 0.6 is 0 Å². The van der Waals surface area contributed by atoms with Gasteiger partial charge in [-0.25, -0.2) is 4.98 Å². The molecule has 1 aromatic carbocycles. The molecule has 0 radical (unpaired) electrons. The van der Waals surface area contributed by atoms with E-state index in [1.807, 2.05) is 44.2 Å². The summed E-state index contributed by atoms with van der Waals surface area (Å²) in [6, 6.07) is 11.6. The largest absolute Gasteiger partial charge is 0.487 e. The number of rotatable bonds is 4. The molecule has 0 spiro atoms. The van der Waals surface area contributed by atoms with Gasteiger partial charge in [-0.05, 0) is 37.1 Å². The molecule has 0 unspecified atom stereocenters. The van der Waals surface area contributed by atoms with E-state index in [0.717, 1.165) is 17.5 Å². The van der Waals surface area contributed by atoms with Crippen LogP contribution in [0.1, 0.15) is 27.3 Å². The minimum absolute atomic E-state index is 0.351. The summed E-state index contributed by atoms with van der Waals surface area (Å²) in [6.45, 7) is 4.32. The fraction of sp³-hybridized carbons (Fsp3) is 0.200. The molecule has 2 rings (SSSR count). The number of benzene rings is 1. The molecule has 0 aliphatic rings. The van der Waals surface area contributed by atoms with Crippen molar-refractivity contribution in [2.45, 2.75) is 20.5 Å². The van der Waals surface area contributed by atoms with Gasteiger partial charge in [-0.15, -0.1) is 0 Å². The molecule has 0 saturated heterocycles. The summed E-state index contributed by atoms with van der Waals surface area (Å²) >= 11 is 0. The highest BCUT2D eigenvalue weighted by Gasteiger charge is 2.05. The van der Waals surface area contributed by atoms with Crippen molar-refractivity contribution in [2.24, 2.45) is 0 Å². The molecule has 18 heavy (non-hydrogen) atoms. The molecule has 1 heterocycles. The minimum atomic E-state index is 0.351. The number of aldehydes is 1. The Labute approximate surface area is 106 Å². The van der Waals surface area contributed by atoms with Crippen molar-refractivity contribution in [3.05, 3.63) is 58.9 Å². The van der Waals surface area contributed by atoms with E-state index in [4.69, 9.17) is 4.74 Å². The number of ether oxygens (including phenoxy) is 1. The second-order valence-electron chi connectivity index (χ2n) is 4.17. The van der Waals surface area contributed by atoms with E-state index >= 15 is 0 Å². The fourth-order valence-electron chi connectivity index (χ4n) is 1.70. The number of aromatic nitrogens is 1. The minimum Gasteiger partial charge on any atom is -0.487 e. The molecule has 0 N–H and O–H groups in total. The topological polar surface area (TPSA) is 39.2 Å². The van der Waals surface area contributed by atoms with Crippen LogP contribution in [0.2, 0.25) is 0 Å². The van der Waals surface area contributed by atoms with E-state index in [1.165, 1.54) is 5.56 Å². The number of aryl methyl sites for hydroxylation is 2. The molecule has 0 bridgehead atoms. The zero-order valence-electron chi connectivity index (χ0n) is 10.5. The van der Waals surface area contributed by atoms with Crippen molar-refractivity contribution in [3.8, 4) is 5.75 Å². The molecular formula is C15H15NO2. The standard InChI is InChI=1S/C15H15NO2/c1-11-5-3-4-6-13(11)10-18-15-8-7-12(2)16-14(15)9-17/h3-9H,10H2,1-2H3. The van der Waals surface area contributed by atoms with Crippen molar-refractivity contribution < 1.29 is 9.53 Å². The number of carbonyl (C=O) groups excluding carboxylic acids is 1. The van der Waals surface area contributed by atoms with E-state index in [0.29, 0.717) is 18.1 Å². The van der Waals surface area contributed by atoms with Gasteiger partial charge in [0.1, 0.15) is 18.1 Å². The van der Waals surface area contributed by atoms with Crippen molar-refractivity contribution >= 4 is 6.29 Å². The van der Waals surface area contributed by atoms with E-state index in [9.17, 15) is 4.79 Å². The fourth-order valence-corrected chi connectivity index (χ4v) is 1.70. The van der Waals surface area contributed by atoms with Crippen molar-refractivity contribution in [3.63, 3.8) is 0 Å². The van der Waals surface area contributed by atoms with Crippen LogP contribution in [0.4, 0.5) is 0 Å². The molecule has 0 atom stereocenters. The van der Waals surface area contributed by atoms with Crippen LogP contribution in [0.3, 0.4) is 0 Å². The van der Waals surface area contributed by atoms with Crippen LogP contribution in [0, 0.1) is 13.8 Å². The highest BCUT2D eigenvalue weighted by Crippen LogP contribution is 2.17. The normalized spacial score (nSPS) is 10.1. The summed E-state index contributed by atoms with van der Waals surface area (Å²) in [5.74, 6) is 0.527. The number of hydrogen-bond donors (Lipinski definition) is 0. The number of carbonyl (C=O) groups is 1. The maximum Gasteiger partial charge on any atom is 0.172 e. The molecule has 0 aliphatic carbocycles. The lowest BCUT2D eigenvalue weighted by atomic mass is 10.1. The number of pyridine rings is 1. The molecule has 2 aromatic rings. The lowest BCUT2D eigenvalue weighted by Gasteiger charge is -2.10. The Morgan fingerprint density at radius 2 is 1.94 bits per heavy atom. The van der Waals surface area contributed by atoms with Gasteiger partial charge in [0.15, 0.2) is 6.29 Å². The summed E-state index contributed by atoms with van der Waals surface area (Å²) in [5, 5.41) is 0. The summed E-state index contributed by atoms with van der Waals surface area (Å²) in [5.41, 5.74) is 3.43. The third kappa shape index (κ3) is 2.74. The van der Waals surface area contributed by atoms with Crippen LogP contribution in [-0.2, 0) is 6.61 Å². The lowest BCUT2D eigenvalue weighted by Crippen LogP contribution is -2.02. The smallest absolute Gasteiger partial charge is 0.172 e. The average Bonchev–Trinajstić information content (AvgIpc) is 2.39. The van der Waals surface area contributed by atoms with Gasteiger partial charge in [0.25, 0.3) is 0 Å². The van der Waals surface area contributed by atoms with Gasteiger partial charge in [-0.1, -0.05) is 24.3 Å². The highest BCUT2D eigenvalue weighted by molar-refractivity contribution is 5.76. The summed E-state index contributed by atoms with van der Waals surface area (Å²) in [6.07, 6.45) is 0.722. The molecule has 0 aliphatic heterocycles. The Morgan fingerprint density at radius 3 is 2.67 bits per heavy atom. The zero-order chi connectivity index (χ0) is 13.0. The molecule has 0 saturated carbocycles. The van der Waals surface area contributed by atoms with Gasteiger partial charge in [0.2, 0.25) is 0 Å². The van der Waals surface area contributed by atoms with Crippen LogP contribution in [0.25, 0.3) is 0 Å². The summed E-state index contributed by atoms with van der Waals surface area (Å²) in [7, 11) is 0. The van der Waals surface area contributed by atoms with Gasteiger partial charge in [-0.2, -0.15) is 0 Å². The third-order valence-corrected chi connectivity index (χ3v) is 2.78. The van der Waals surface area contributed by atoms with Crippen LogP contribution in [0.5, 0.6) is 5.75 Å². The lowest BCUT2D eigenvalue weighted by molar-refractivity contribution is 0.111. The zero-order valence-corrected chi connectivity index (χ0v) is 10.5. The van der Waals surface area contributed by atoms with Crippen LogP contribution < -0.4 is 4.74 Å². The molecule has 92 valence electrons. The first-order valence-corrected chi connectivity index (χ1v) is 5.81. The van der Waals surface area contributed by atoms with E-state index < -0.39 is 0 Å². The van der Waals surface area contributed by atoms with Gasteiger partial charge in [0.05, 0.1) is 0 Å². The van der Waals surface area contributed by atoms with Crippen molar-refractivity contribution in [2.75, 3.05) is 0 Å². The van der Waals surface area contributed by atoms with Gasteiger partial charge >= 0.3 is 0 Å². The van der Waals surface area contributed by atoms with Gasteiger partial charge < -0.3 is 4.74 Å². The SMILES string of the molecule is Cc1ccc(OCc2ccccc2C)c(C=O)n1. The van der Waals surface area contributed by atoms with E-state index in [2.05, 4.69) is 4.98 Å². The molecule has 0 fully saturated rings. The molecule has 3 nitrogen and oxygen atoms in total. The molecule has 0 amide bonds. The predicted octanol–water partition coefficient (Wildman–Crippen LogP) is 3.09. The molecular weight excluding hydrogens is 226 g/mol. The quantitative estimate of drug-likeness (QED) is 0.772.